The maximum atomic E-state index is 6.34. The second-order valence-electron chi connectivity index (χ2n) is 6.40. The number of methoxy groups -OCH3 is 1. The highest BCUT2D eigenvalue weighted by Crippen LogP contribution is 2.41. The summed E-state index contributed by atoms with van der Waals surface area (Å²) in [5, 5.41) is 0. The summed E-state index contributed by atoms with van der Waals surface area (Å²) in [6, 6.07) is 26.6. The maximum Gasteiger partial charge on any atom is 0.201 e. The number of hydrogen-bond acceptors (Lipinski definition) is 3. The second-order valence-corrected chi connectivity index (χ2v) is 6.40. The van der Waals surface area contributed by atoms with E-state index in [0.29, 0.717) is 0 Å². The Hall–Kier alpha value is -2.78. The van der Waals surface area contributed by atoms with E-state index in [2.05, 4.69) is 36.4 Å². The van der Waals surface area contributed by atoms with Gasteiger partial charge >= 0.3 is 0 Å². The maximum absolute atomic E-state index is 6.34. The Balaban J connectivity index is 1.60. The van der Waals surface area contributed by atoms with Gasteiger partial charge in [-0.3, -0.25) is 0 Å². The zero-order valence-electron chi connectivity index (χ0n) is 14.8. The van der Waals surface area contributed by atoms with Crippen LogP contribution in [-0.2, 0) is 11.2 Å². The fraction of sp³-hybridized carbons (Fsp3) is 0.217. The van der Waals surface area contributed by atoms with Crippen molar-refractivity contribution in [1.29, 1.82) is 0 Å². The van der Waals surface area contributed by atoms with Gasteiger partial charge in [0.1, 0.15) is 17.6 Å². The van der Waals surface area contributed by atoms with Crippen molar-refractivity contribution in [2.75, 3.05) is 7.11 Å². The van der Waals surface area contributed by atoms with Gasteiger partial charge in [0, 0.05) is 12.0 Å². The van der Waals surface area contributed by atoms with Crippen LogP contribution in [0.25, 0.3) is 0 Å². The molecular weight excluding hydrogens is 324 g/mol. The van der Waals surface area contributed by atoms with E-state index in [1.807, 2.05) is 42.5 Å². The zero-order chi connectivity index (χ0) is 17.8. The fourth-order valence-electron chi connectivity index (χ4n) is 3.30. The van der Waals surface area contributed by atoms with Crippen molar-refractivity contribution in [1.82, 2.24) is 0 Å². The first-order valence-corrected chi connectivity index (χ1v) is 8.92. The van der Waals surface area contributed by atoms with Crippen LogP contribution >= 0.6 is 0 Å². The number of benzene rings is 3. The van der Waals surface area contributed by atoms with Crippen LogP contribution in [0, 0.1) is 0 Å². The van der Waals surface area contributed by atoms with Gasteiger partial charge in [0.25, 0.3) is 0 Å². The average Bonchev–Trinajstić information content (AvgIpc) is 2.72. The molecule has 0 N–H and O–H groups in total. The summed E-state index contributed by atoms with van der Waals surface area (Å²) in [5.74, 6) is 1.67. The standard InChI is InChI=1S/C23H22O3/c1-24-19-13-14-21-20(16-19)23(18-10-6-3-7-11-18)26-22(25-21)15-12-17-8-4-2-5-9-17/h2-11,13-14,16,22-23H,12,15H2,1H3. The average molecular weight is 346 g/mol. The smallest absolute Gasteiger partial charge is 0.201 e. The van der Waals surface area contributed by atoms with Crippen molar-refractivity contribution in [3.05, 3.63) is 95.6 Å². The highest BCUT2D eigenvalue weighted by Gasteiger charge is 2.30. The molecule has 3 aromatic carbocycles. The van der Waals surface area contributed by atoms with E-state index in [9.17, 15) is 0 Å². The van der Waals surface area contributed by atoms with Gasteiger partial charge in [-0.15, -0.1) is 0 Å². The quantitative estimate of drug-likeness (QED) is 0.639. The molecule has 0 amide bonds. The van der Waals surface area contributed by atoms with Gasteiger partial charge in [-0.05, 0) is 35.7 Å². The van der Waals surface area contributed by atoms with Crippen LogP contribution in [0.1, 0.15) is 29.2 Å². The largest absolute Gasteiger partial charge is 0.497 e. The third kappa shape index (κ3) is 3.58. The van der Waals surface area contributed by atoms with Crippen molar-refractivity contribution in [3.8, 4) is 11.5 Å². The molecule has 0 saturated carbocycles. The molecule has 0 saturated heterocycles. The van der Waals surface area contributed by atoms with E-state index in [-0.39, 0.29) is 12.4 Å². The Kier molecular flexibility index (Phi) is 4.89. The number of rotatable bonds is 5. The third-order valence-electron chi connectivity index (χ3n) is 4.66. The summed E-state index contributed by atoms with van der Waals surface area (Å²) in [4.78, 5) is 0. The van der Waals surface area contributed by atoms with Gasteiger partial charge in [-0.25, -0.2) is 0 Å². The predicted octanol–water partition coefficient (Wildman–Crippen LogP) is 5.15. The number of ether oxygens (including phenoxy) is 3. The molecule has 2 unspecified atom stereocenters. The Bertz CT molecular complexity index is 846. The lowest BCUT2D eigenvalue weighted by atomic mass is 9.98. The van der Waals surface area contributed by atoms with E-state index in [0.717, 1.165) is 35.5 Å². The van der Waals surface area contributed by atoms with Crippen LogP contribution in [0.15, 0.2) is 78.9 Å². The molecule has 0 radical (unpaired) electrons. The minimum Gasteiger partial charge on any atom is -0.497 e. The van der Waals surface area contributed by atoms with E-state index in [1.54, 1.807) is 7.11 Å². The molecule has 3 aromatic rings. The van der Waals surface area contributed by atoms with Crippen molar-refractivity contribution >= 4 is 0 Å². The summed E-state index contributed by atoms with van der Waals surface area (Å²) in [7, 11) is 1.67. The molecule has 3 heteroatoms. The molecule has 4 rings (SSSR count). The molecule has 26 heavy (non-hydrogen) atoms. The third-order valence-corrected chi connectivity index (χ3v) is 4.66. The summed E-state index contributed by atoms with van der Waals surface area (Å²) in [6.07, 6.45) is 1.29. The monoisotopic (exact) mass is 346 g/mol. The first-order valence-electron chi connectivity index (χ1n) is 8.92. The molecule has 0 aromatic heterocycles. The highest BCUT2D eigenvalue weighted by molar-refractivity contribution is 5.46. The lowest BCUT2D eigenvalue weighted by molar-refractivity contribution is -0.130. The van der Waals surface area contributed by atoms with Gasteiger partial charge in [0.2, 0.25) is 6.29 Å². The van der Waals surface area contributed by atoms with Gasteiger partial charge in [0.05, 0.1) is 7.11 Å². The Labute approximate surface area is 154 Å². The van der Waals surface area contributed by atoms with Crippen molar-refractivity contribution in [2.24, 2.45) is 0 Å². The van der Waals surface area contributed by atoms with E-state index < -0.39 is 0 Å². The minimum atomic E-state index is -0.277. The van der Waals surface area contributed by atoms with Gasteiger partial charge in [-0.1, -0.05) is 60.7 Å². The first-order chi connectivity index (χ1) is 12.8. The molecule has 2 atom stereocenters. The van der Waals surface area contributed by atoms with Crippen LogP contribution in [0.3, 0.4) is 0 Å². The predicted molar refractivity (Wildman–Crippen MR) is 102 cm³/mol. The molecule has 0 aliphatic carbocycles. The lowest BCUT2D eigenvalue weighted by Crippen LogP contribution is -2.29. The second kappa shape index (κ2) is 7.63. The van der Waals surface area contributed by atoms with E-state index in [1.165, 1.54) is 5.56 Å². The Morgan fingerprint density at radius 2 is 1.62 bits per heavy atom. The molecule has 0 fully saturated rings. The molecule has 1 aliphatic heterocycles. The topological polar surface area (TPSA) is 27.7 Å². The number of aryl methyl sites for hydroxylation is 1. The molecule has 1 aliphatic rings. The molecular formula is C23H22O3. The number of fused-ring (bicyclic) bond motifs is 1. The van der Waals surface area contributed by atoms with Crippen LogP contribution in [-0.4, -0.2) is 13.4 Å². The van der Waals surface area contributed by atoms with Crippen molar-refractivity contribution in [2.45, 2.75) is 25.2 Å². The molecule has 0 bridgehead atoms. The first kappa shape index (κ1) is 16.7. The van der Waals surface area contributed by atoms with Gasteiger partial charge in [0.15, 0.2) is 0 Å². The molecule has 132 valence electrons. The lowest BCUT2D eigenvalue weighted by Gasteiger charge is -2.33. The van der Waals surface area contributed by atoms with E-state index >= 15 is 0 Å². The summed E-state index contributed by atoms with van der Waals surface area (Å²) in [5.41, 5.74) is 3.41. The molecule has 3 nitrogen and oxygen atoms in total. The number of hydrogen-bond donors (Lipinski definition) is 0. The normalized spacial score (nSPS) is 18.7. The van der Waals surface area contributed by atoms with Crippen LogP contribution in [0.2, 0.25) is 0 Å². The zero-order valence-corrected chi connectivity index (χ0v) is 14.8. The SMILES string of the molecule is COc1ccc2c(c1)C(c1ccccc1)OC(CCc1ccccc1)O2. The van der Waals surface area contributed by atoms with Crippen LogP contribution in [0.4, 0.5) is 0 Å². The summed E-state index contributed by atoms with van der Waals surface area (Å²) < 4.78 is 17.9. The Morgan fingerprint density at radius 1 is 0.885 bits per heavy atom. The van der Waals surface area contributed by atoms with Crippen molar-refractivity contribution in [3.63, 3.8) is 0 Å². The van der Waals surface area contributed by atoms with Gasteiger partial charge < -0.3 is 14.2 Å². The molecule has 1 heterocycles. The fourth-order valence-corrected chi connectivity index (χ4v) is 3.30. The van der Waals surface area contributed by atoms with Crippen molar-refractivity contribution < 1.29 is 14.2 Å². The summed E-state index contributed by atoms with van der Waals surface area (Å²) >= 11 is 0. The summed E-state index contributed by atoms with van der Waals surface area (Å²) in [6.45, 7) is 0. The van der Waals surface area contributed by atoms with Crippen LogP contribution < -0.4 is 9.47 Å². The van der Waals surface area contributed by atoms with Crippen LogP contribution in [0.5, 0.6) is 11.5 Å². The van der Waals surface area contributed by atoms with E-state index in [4.69, 9.17) is 14.2 Å². The minimum absolute atomic E-state index is 0.157. The highest BCUT2D eigenvalue weighted by atomic mass is 16.7. The molecule has 0 spiro atoms. The Morgan fingerprint density at radius 3 is 2.35 bits per heavy atom. The van der Waals surface area contributed by atoms with Gasteiger partial charge in [-0.2, -0.15) is 0 Å².